The van der Waals surface area contributed by atoms with Gasteiger partial charge in [0.25, 0.3) is 0 Å². The molecule has 0 amide bonds. The molecule has 0 bridgehead atoms. The average molecular weight is 300 g/mol. The maximum absolute atomic E-state index is 12.2. The molecule has 0 spiro atoms. The third-order valence-corrected chi connectivity index (χ3v) is 3.54. The van der Waals surface area contributed by atoms with Gasteiger partial charge in [0.15, 0.2) is 0 Å². The van der Waals surface area contributed by atoms with Crippen molar-refractivity contribution in [2.24, 2.45) is 0 Å². The lowest BCUT2D eigenvalue weighted by atomic mass is 10.1. The molecule has 0 aromatic heterocycles. The number of nitrogens with one attached hydrogen (secondary N) is 1. The molecule has 1 aromatic rings. The van der Waals surface area contributed by atoms with Gasteiger partial charge in [0.05, 0.1) is 0 Å². The Morgan fingerprint density at radius 3 is 2.43 bits per heavy atom. The molecule has 0 heterocycles. The van der Waals surface area contributed by atoms with E-state index in [0.717, 1.165) is 25.2 Å². The summed E-state index contributed by atoms with van der Waals surface area (Å²) in [6.07, 6.45) is 0. The van der Waals surface area contributed by atoms with E-state index in [1.165, 1.54) is 0 Å². The molecule has 1 aromatic carbocycles. The normalized spacial score (nSPS) is 14.5. The number of alkyl halides is 2. The number of benzene rings is 1. The summed E-state index contributed by atoms with van der Waals surface area (Å²) in [6.45, 7) is 8.67. The number of likely N-dealkylation sites (N-methyl/N-ethyl adjacent to an activating group) is 1. The summed E-state index contributed by atoms with van der Waals surface area (Å²) in [5, 5.41) is 3.49. The van der Waals surface area contributed by atoms with Crippen LogP contribution in [-0.2, 0) is 0 Å². The van der Waals surface area contributed by atoms with Gasteiger partial charge in [-0.3, -0.25) is 0 Å². The minimum atomic E-state index is -2.79. The Balaban J connectivity index is 2.60. The lowest BCUT2D eigenvalue weighted by molar-refractivity contribution is -0.0499. The fraction of sp³-hybridized carbons (Fsp3) is 0.625. The Kier molecular flexibility index (Phi) is 7.61. The molecule has 1 rings (SSSR count). The number of rotatable bonds is 9. The zero-order chi connectivity index (χ0) is 15.8. The second kappa shape index (κ2) is 8.95. The van der Waals surface area contributed by atoms with Crippen LogP contribution in [-0.4, -0.2) is 37.2 Å². The second-order valence-electron chi connectivity index (χ2n) is 5.23. The van der Waals surface area contributed by atoms with Crippen LogP contribution in [0.15, 0.2) is 24.3 Å². The summed E-state index contributed by atoms with van der Waals surface area (Å²) in [4.78, 5) is 2.35. The summed E-state index contributed by atoms with van der Waals surface area (Å²) in [6, 6.07) is 7.26. The Morgan fingerprint density at radius 1 is 1.19 bits per heavy atom. The Hall–Kier alpha value is -1.20. The summed E-state index contributed by atoms with van der Waals surface area (Å²) >= 11 is 0. The molecule has 0 saturated carbocycles. The van der Waals surface area contributed by atoms with Crippen LogP contribution in [0.5, 0.6) is 5.75 Å². The van der Waals surface area contributed by atoms with Crippen LogP contribution in [0.2, 0.25) is 0 Å². The number of hydrogen-bond acceptors (Lipinski definition) is 3. The highest BCUT2D eigenvalue weighted by atomic mass is 19.3. The smallest absolute Gasteiger partial charge is 0.387 e. The van der Waals surface area contributed by atoms with E-state index >= 15 is 0 Å². The lowest BCUT2D eigenvalue weighted by Crippen LogP contribution is -2.40. The zero-order valence-electron chi connectivity index (χ0n) is 13.3. The average Bonchev–Trinajstić information content (AvgIpc) is 2.44. The maximum atomic E-state index is 12.2. The molecule has 0 saturated heterocycles. The number of halogens is 2. The quantitative estimate of drug-likeness (QED) is 0.753. The van der Waals surface area contributed by atoms with E-state index in [9.17, 15) is 8.78 Å². The maximum Gasteiger partial charge on any atom is 0.387 e. The molecule has 5 heteroatoms. The van der Waals surface area contributed by atoms with Crippen LogP contribution in [0.1, 0.15) is 39.3 Å². The Labute approximate surface area is 126 Å². The van der Waals surface area contributed by atoms with Gasteiger partial charge in [-0.2, -0.15) is 8.78 Å². The third-order valence-electron chi connectivity index (χ3n) is 3.54. The van der Waals surface area contributed by atoms with Crippen LogP contribution < -0.4 is 10.1 Å². The highest BCUT2D eigenvalue weighted by Crippen LogP contribution is 2.21. The molecule has 0 radical (unpaired) electrons. The van der Waals surface area contributed by atoms with Gasteiger partial charge >= 0.3 is 6.61 Å². The lowest BCUT2D eigenvalue weighted by Gasteiger charge is -2.26. The van der Waals surface area contributed by atoms with Gasteiger partial charge < -0.3 is 15.0 Å². The minimum Gasteiger partial charge on any atom is -0.435 e. The molecule has 0 aliphatic carbocycles. The van der Waals surface area contributed by atoms with Gasteiger partial charge in [0.1, 0.15) is 5.75 Å². The first kappa shape index (κ1) is 17.9. The van der Waals surface area contributed by atoms with Crippen molar-refractivity contribution in [3.8, 4) is 5.75 Å². The highest BCUT2D eigenvalue weighted by molar-refractivity contribution is 5.30. The van der Waals surface area contributed by atoms with Gasteiger partial charge in [-0.1, -0.05) is 26.0 Å². The molecule has 3 nitrogen and oxygen atoms in total. The van der Waals surface area contributed by atoms with Crippen molar-refractivity contribution < 1.29 is 13.5 Å². The van der Waals surface area contributed by atoms with E-state index in [-0.39, 0.29) is 11.8 Å². The molecule has 21 heavy (non-hydrogen) atoms. The van der Waals surface area contributed by atoms with Gasteiger partial charge in [0.2, 0.25) is 0 Å². The van der Waals surface area contributed by atoms with Gasteiger partial charge in [0, 0.05) is 18.6 Å². The molecule has 2 unspecified atom stereocenters. The fourth-order valence-electron chi connectivity index (χ4n) is 2.40. The van der Waals surface area contributed by atoms with Crippen molar-refractivity contribution in [2.75, 3.05) is 19.6 Å². The van der Waals surface area contributed by atoms with Crippen LogP contribution in [0.3, 0.4) is 0 Å². The summed E-state index contributed by atoms with van der Waals surface area (Å²) in [7, 11) is 0. The van der Waals surface area contributed by atoms with Crippen molar-refractivity contribution in [2.45, 2.75) is 46.4 Å². The molecule has 0 fully saturated rings. The van der Waals surface area contributed by atoms with E-state index in [4.69, 9.17) is 0 Å². The third kappa shape index (κ3) is 6.40. The topological polar surface area (TPSA) is 24.5 Å². The van der Waals surface area contributed by atoms with Gasteiger partial charge in [-0.15, -0.1) is 0 Å². The van der Waals surface area contributed by atoms with Gasteiger partial charge in [-0.25, -0.2) is 0 Å². The molecule has 120 valence electrons. The molecule has 2 atom stereocenters. The van der Waals surface area contributed by atoms with E-state index in [0.29, 0.717) is 6.04 Å². The summed E-state index contributed by atoms with van der Waals surface area (Å²) in [5.74, 6) is 0.201. The second-order valence-corrected chi connectivity index (χ2v) is 5.23. The Bertz CT molecular complexity index is 411. The van der Waals surface area contributed by atoms with Crippen molar-refractivity contribution in [1.82, 2.24) is 10.2 Å². The minimum absolute atomic E-state index is 0.0804. The predicted octanol–water partition coefficient (Wildman–Crippen LogP) is 3.67. The number of hydrogen-bond donors (Lipinski definition) is 1. The SMILES string of the molecule is CCN(CC)CC(C)NC(C)c1cccc(OC(F)F)c1. The first-order chi connectivity index (χ1) is 9.96. The van der Waals surface area contributed by atoms with Crippen LogP contribution in [0.25, 0.3) is 0 Å². The van der Waals surface area contributed by atoms with E-state index in [1.807, 2.05) is 13.0 Å². The predicted molar refractivity (Wildman–Crippen MR) is 81.9 cm³/mol. The summed E-state index contributed by atoms with van der Waals surface area (Å²) < 4.78 is 28.9. The van der Waals surface area contributed by atoms with E-state index in [2.05, 4.69) is 35.7 Å². The monoisotopic (exact) mass is 300 g/mol. The summed E-state index contributed by atoms with van der Waals surface area (Å²) in [5.41, 5.74) is 0.944. The standard InChI is InChI=1S/C16H26F2N2O/c1-5-20(6-2)11-12(3)19-13(4)14-8-7-9-15(10-14)21-16(17)18/h7-10,12-13,16,19H,5-6,11H2,1-4H3. The Morgan fingerprint density at radius 2 is 1.86 bits per heavy atom. The molecule has 0 aliphatic rings. The highest BCUT2D eigenvalue weighted by Gasteiger charge is 2.13. The first-order valence-electron chi connectivity index (χ1n) is 7.49. The van der Waals surface area contributed by atoms with Crippen molar-refractivity contribution in [3.63, 3.8) is 0 Å². The molecule has 1 N–H and O–H groups in total. The van der Waals surface area contributed by atoms with Gasteiger partial charge in [-0.05, 0) is 44.6 Å². The zero-order valence-corrected chi connectivity index (χ0v) is 13.3. The molecular weight excluding hydrogens is 274 g/mol. The van der Waals surface area contributed by atoms with Crippen molar-refractivity contribution >= 4 is 0 Å². The van der Waals surface area contributed by atoms with Crippen LogP contribution in [0.4, 0.5) is 8.78 Å². The van der Waals surface area contributed by atoms with Crippen molar-refractivity contribution in [1.29, 1.82) is 0 Å². The van der Waals surface area contributed by atoms with E-state index in [1.54, 1.807) is 18.2 Å². The molecule has 0 aliphatic heterocycles. The fourth-order valence-corrected chi connectivity index (χ4v) is 2.40. The number of ether oxygens (including phenoxy) is 1. The largest absolute Gasteiger partial charge is 0.435 e. The number of nitrogens with zero attached hydrogens (tertiary/aromatic N) is 1. The van der Waals surface area contributed by atoms with E-state index < -0.39 is 6.61 Å². The van der Waals surface area contributed by atoms with Crippen LogP contribution in [0, 0.1) is 0 Å². The van der Waals surface area contributed by atoms with Crippen molar-refractivity contribution in [3.05, 3.63) is 29.8 Å². The van der Waals surface area contributed by atoms with Crippen LogP contribution >= 0.6 is 0 Å². The first-order valence-corrected chi connectivity index (χ1v) is 7.49. The molecular formula is C16H26F2N2O.